The van der Waals surface area contributed by atoms with Gasteiger partial charge in [-0.05, 0) is 71.1 Å². The van der Waals surface area contributed by atoms with E-state index in [9.17, 15) is 0 Å². The zero-order valence-electron chi connectivity index (χ0n) is 30.1. The van der Waals surface area contributed by atoms with Crippen molar-refractivity contribution in [3.05, 3.63) is 218 Å². The molecule has 0 atom stereocenters. The van der Waals surface area contributed by atoms with Crippen LogP contribution in [0.5, 0.6) is 0 Å². The number of fused-ring (bicyclic) bond motifs is 5. The second-order valence-electron chi connectivity index (χ2n) is 13.7. The van der Waals surface area contributed by atoms with Gasteiger partial charge in [-0.1, -0.05) is 164 Å². The second-order valence-corrected chi connectivity index (χ2v) is 13.7. The quantitative estimate of drug-likeness (QED) is 0.157. The number of hydrogen-bond acceptors (Lipinski definition) is 3. The zero-order valence-corrected chi connectivity index (χ0v) is 30.1. The lowest BCUT2D eigenvalue weighted by molar-refractivity contribution is 0.673. The van der Waals surface area contributed by atoms with Gasteiger partial charge in [0.2, 0.25) is 0 Å². The first-order chi connectivity index (χ1) is 27.3. The third-order valence-corrected chi connectivity index (χ3v) is 10.4. The molecule has 0 aliphatic rings. The predicted octanol–water partition coefficient (Wildman–Crippen LogP) is 15.0. The standard InChI is InChI=1S/C52H36N2O/c1-5-19-37(20-6-1)42-28-15-17-31-47(42)53(40-24-9-3-10-25-40)49-36-35-46-45-34-33-39-23-13-14-30-44(39)51(45)55-52(46)50(49)54(41-26-11-4-12-27-41)48-32-18-16-29-43(48)38-21-7-2-8-22-38/h1-36H. The summed E-state index contributed by atoms with van der Waals surface area (Å²) in [5.74, 6) is 0. The van der Waals surface area contributed by atoms with Crippen molar-refractivity contribution in [2.75, 3.05) is 9.80 Å². The van der Waals surface area contributed by atoms with Crippen molar-refractivity contribution in [2.45, 2.75) is 0 Å². The van der Waals surface area contributed by atoms with Crippen LogP contribution in [-0.2, 0) is 0 Å². The molecule has 0 aliphatic heterocycles. The highest BCUT2D eigenvalue weighted by Crippen LogP contribution is 2.53. The maximum Gasteiger partial charge on any atom is 0.161 e. The van der Waals surface area contributed by atoms with Gasteiger partial charge in [0.1, 0.15) is 11.3 Å². The summed E-state index contributed by atoms with van der Waals surface area (Å²) in [6, 6.07) is 77.4. The maximum absolute atomic E-state index is 7.28. The summed E-state index contributed by atoms with van der Waals surface area (Å²) in [4.78, 5) is 4.79. The van der Waals surface area contributed by atoms with Gasteiger partial charge in [0.25, 0.3) is 0 Å². The number of hydrogen-bond donors (Lipinski definition) is 0. The number of rotatable bonds is 8. The van der Waals surface area contributed by atoms with Gasteiger partial charge in [-0.25, -0.2) is 0 Å². The van der Waals surface area contributed by atoms with Crippen LogP contribution in [0.4, 0.5) is 34.1 Å². The Balaban J connectivity index is 1.37. The van der Waals surface area contributed by atoms with E-state index in [0.717, 1.165) is 89.1 Å². The molecule has 1 aromatic heterocycles. The molecule has 0 unspecified atom stereocenters. The van der Waals surface area contributed by atoms with Crippen molar-refractivity contribution in [2.24, 2.45) is 0 Å². The molecule has 55 heavy (non-hydrogen) atoms. The normalized spacial score (nSPS) is 11.3. The molecule has 0 fully saturated rings. The third kappa shape index (κ3) is 5.70. The Bertz CT molecular complexity index is 2920. The molecule has 10 rings (SSSR count). The van der Waals surface area contributed by atoms with E-state index in [4.69, 9.17) is 4.42 Å². The molecule has 260 valence electrons. The highest BCUT2D eigenvalue weighted by Gasteiger charge is 2.29. The molecule has 3 nitrogen and oxygen atoms in total. The minimum absolute atomic E-state index is 0.814. The number of benzene rings is 9. The Morgan fingerprint density at radius 2 is 0.745 bits per heavy atom. The van der Waals surface area contributed by atoms with Gasteiger partial charge in [0, 0.05) is 38.7 Å². The Morgan fingerprint density at radius 1 is 0.291 bits per heavy atom. The van der Waals surface area contributed by atoms with E-state index in [1.807, 2.05) is 0 Å². The molecule has 0 saturated heterocycles. The fourth-order valence-corrected chi connectivity index (χ4v) is 7.95. The Hall–Kier alpha value is -7.36. The molecular weight excluding hydrogens is 669 g/mol. The molecular formula is C52H36N2O. The lowest BCUT2D eigenvalue weighted by Crippen LogP contribution is -2.18. The van der Waals surface area contributed by atoms with E-state index in [1.165, 1.54) is 0 Å². The van der Waals surface area contributed by atoms with Crippen molar-refractivity contribution < 1.29 is 4.42 Å². The van der Waals surface area contributed by atoms with Crippen LogP contribution < -0.4 is 9.80 Å². The van der Waals surface area contributed by atoms with E-state index in [1.54, 1.807) is 0 Å². The van der Waals surface area contributed by atoms with Crippen LogP contribution >= 0.6 is 0 Å². The molecule has 0 amide bonds. The predicted molar refractivity (Wildman–Crippen MR) is 231 cm³/mol. The smallest absolute Gasteiger partial charge is 0.161 e. The summed E-state index contributed by atoms with van der Waals surface area (Å²) in [6.45, 7) is 0. The summed E-state index contributed by atoms with van der Waals surface area (Å²) in [5.41, 5.74) is 12.3. The third-order valence-electron chi connectivity index (χ3n) is 10.4. The maximum atomic E-state index is 7.28. The molecule has 3 heteroatoms. The molecule has 0 aliphatic carbocycles. The fraction of sp³-hybridized carbons (Fsp3) is 0. The first-order valence-corrected chi connectivity index (χ1v) is 18.7. The minimum atomic E-state index is 0.814. The van der Waals surface area contributed by atoms with Gasteiger partial charge in [0.05, 0.1) is 17.1 Å². The van der Waals surface area contributed by atoms with Crippen LogP contribution in [0.15, 0.2) is 223 Å². The van der Waals surface area contributed by atoms with Crippen molar-refractivity contribution in [3.8, 4) is 22.3 Å². The Labute approximate surface area is 320 Å². The Kier molecular flexibility index (Phi) is 8.16. The van der Waals surface area contributed by atoms with Crippen molar-refractivity contribution in [1.82, 2.24) is 0 Å². The van der Waals surface area contributed by atoms with Crippen LogP contribution in [0.25, 0.3) is 55.0 Å². The summed E-state index contributed by atoms with van der Waals surface area (Å²) in [5, 5.41) is 4.38. The van der Waals surface area contributed by atoms with Crippen molar-refractivity contribution in [3.63, 3.8) is 0 Å². The first-order valence-electron chi connectivity index (χ1n) is 18.7. The molecule has 0 N–H and O–H groups in total. The molecule has 10 aromatic rings. The SMILES string of the molecule is c1ccc(-c2ccccc2N(c2ccccc2)c2ccc3c(oc4c5ccccc5ccc34)c2N(c2ccccc2)c2ccccc2-c2ccccc2)cc1. The number of furan rings is 1. The van der Waals surface area contributed by atoms with Crippen LogP contribution in [0.2, 0.25) is 0 Å². The van der Waals surface area contributed by atoms with Gasteiger partial charge in [-0.3, -0.25) is 0 Å². The molecule has 1 heterocycles. The van der Waals surface area contributed by atoms with Gasteiger partial charge in [0.15, 0.2) is 5.58 Å². The monoisotopic (exact) mass is 704 g/mol. The molecule has 0 spiro atoms. The van der Waals surface area contributed by atoms with E-state index < -0.39 is 0 Å². The largest absolute Gasteiger partial charge is 0.453 e. The summed E-state index contributed by atoms with van der Waals surface area (Å²) in [6.07, 6.45) is 0. The average Bonchev–Trinajstić information content (AvgIpc) is 3.66. The van der Waals surface area contributed by atoms with Gasteiger partial charge >= 0.3 is 0 Å². The van der Waals surface area contributed by atoms with Crippen molar-refractivity contribution >= 4 is 66.8 Å². The lowest BCUT2D eigenvalue weighted by Gasteiger charge is -2.34. The summed E-state index contributed by atoms with van der Waals surface area (Å²) in [7, 11) is 0. The van der Waals surface area contributed by atoms with Crippen LogP contribution in [-0.4, -0.2) is 0 Å². The van der Waals surface area contributed by atoms with E-state index in [-0.39, 0.29) is 0 Å². The fourth-order valence-electron chi connectivity index (χ4n) is 7.95. The zero-order chi connectivity index (χ0) is 36.6. The molecule has 0 saturated carbocycles. The number of nitrogens with zero attached hydrogens (tertiary/aromatic N) is 2. The summed E-state index contributed by atoms with van der Waals surface area (Å²) < 4.78 is 7.28. The molecule has 0 radical (unpaired) electrons. The van der Waals surface area contributed by atoms with E-state index in [2.05, 4.69) is 228 Å². The Morgan fingerprint density at radius 3 is 1.36 bits per heavy atom. The van der Waals surface area contributed by atoms with Gasteiger partial charge in [-0.2, -0.15) is 0 Å². The highest BCUT2D eigenvalue weighted by atomic mass is 16.3. The van der Waals surface area contributed by atoms with Gasteiger partial charge in [-0.15, -0.1) is 0 Å². The number of anilines is 6. The minimum Gasteiger partial charge on any atom is -0.453 e. The highest BCUT2D eigenvalue weighted by molar-refractivity contribution is 6.20. The van der Waals surface area contributed by atoms with Crippen LogP contribution in [0, 0.1) is 0 Å². The molecule has 0 bridgehead atoms. The van der Waals surface area contributed by atoms with Crippen LogP contribution in [0.1, 0.15) is 0 Å². The molecule has 9 aromatic carbocycles. The van der Waals surface area contributed by atoms with Crippen LogP contribution in [0.3, 0.4) is 0 Å². The summed E-state index contributed by atoms with van der Waals surface area (Å²) >= 11 is 0. The second kappa shape index (κ2) is 13.9. The number of para-hydroxylation sites is 4. The van der Waals surface area contributed by atoms with E-state index >= 15 is 0 Å². The average molecular weight is 705 g/mol. The first kappa shape index (κ1) is 32.3. The van der Waals surface area contributed by atoms with E-state index in [0.29, 0.717) is 0 Å². The lowest BCUT2D eigenvalue weighted by atomic mass is 9.99. The topological polar surface area (TPSA) is 19.6 Å². The van der Waals surface area contributed by atoms with Gasteiger partial charge < -0.3 is 14.2 Å². The van der Waals surface area contributed by atoms with Crippen molar-refractivity contribution in [1.29, 1.82) is 0 Å².